The van der Waals surface area contributed by atoms with Gasteiger partial charge in [-0.05, 0) is 41.5 Å². The first kappa shape index (κ1) is 22.2. The van der Waals surface area contributed by atoms with E-state index in [1.165, 1.54) is 16.9 Å². The Bertz CT molecular complexity index is 1180. The Morgan fingerprint density at radius 1 is 0.969 bits per heavy atom. The van der Waals surface area contributed by atoms with Crippen LogP contribution in [0.3, 0.4) is 0 Å². The third-order valence-electron chi connectivity index (χ3n) is 4.79. The second kappa shape index (κ2) is 10.5. The van der Waals surface area contributed by atoms with E-state index in [0.717, 1.165) is 39.3 Å². The zero-order chi connectivity index (χ0) is 22.3. The van der Waals surface area contributed by atoms with Crippen LogP contribution in [-0.2, 0) is 12.2 Å². The van der Waals surface area contributed by atoms with Gasteiger partial charge in [-0.2, -0.15) is 21.4 Å². The van der Waals surface area contributed by atoms with E-state index in [1.54, 1.807) is 21.3 Å². The number of fused-ring (bicyclic) bond motifs is 1. The summed E-state index contributed by atoms with van der Waals surface area (Å²) >= 11 is 3.33. The van der Waals surface area contributed by atoms with E-state index in [1.807, 2.05) is 46.6 Å². The van der Waals surface area contributed by atoms with E-state index in [2.05, 4.69) is 39.6 Å². The topological polar surface area (TPSA) is 70.8 Å². The number of ether oxygens (including phenoxy) is 3. The molecule has 0 bridgehead atoms. The fourth-order valence-electron chi connectivity index (χ4n) is 3.19. The van der Waals surface area contributed by atoms with E-state index in [-0.39, 0.29) is 0 Å². The zero-order valence-corrected chi connectivity index (χ0v) is 19.8. The van der Waals surface area contributed by atoms with Gasteiger partial charge in [0.05, 0.1) is 27.1 Å². The maximum absolute atomic E-state index is 5.42. The van der Waals surface area contributed by atoms with Crippen molar-refractivity contribution in [2.24, 2.45) is 0 Å². The van der Waals surface area contributed by atoms with Gasteiger partial charge in [0.25, 0.3) is 0 Å². The largest absolute Gasteiger partial charge is 0.493 e. The van der Waals surface area contributed by atoms with Gasteiger partial charge in [0.2, 0.25) is 10.7 Å². The number of aryl methyl sites for hydroxylation is 1. The fourth-order valence-corrected chi connectivity index (χ4v) is 4.84. The summed E-state index contributed by atoms with van der Waals surface area (Å²) < 4.78 is 18.0. The van der Waals surface area contributed by atoms with Crippen molar-refractivity contribution in [2.75, 3.05) is 27.1 Å². The number of hydrogen-bond acceptors (Lipinski definition) is 8. The van der Waals surface area contributed by atoms with Crippen LogP contribution in [0.15, 0.2) is 42.5 Å². The van der Waals surface area contributed by atoms with E-state index < -0.39 is 0 Å². The molecule has 0 saturated heterocycles. The summed E-state index contributed by atoms with van der Waals surface area (Å²) in [6.45, 7) is 0. The minimum atomic E-state index is 0.570. The zero-order valence-electron chi connectivity index (χ0n) is 18.1. The summed E-state index contributed by atoms with van der Waals surface area (Å²) in [7, 11) is 4.80. The molecular weight excluding hydrogens is 444 g/mol. The molecule has 0 radical (unpaired) electrons. The molecule has 0 atom stereocenters. The average Bonchev–Trinajstić information content (AvgIpc) is 3.41. The molecule has 4 aromatic rings. The van der Waals surface area contributed by atoms with Crippen molar-refractivity contribution >= 4 is 40.2 Å². The van der Waals surface area contributed by atoms with Gasteiger partial charge in [-0.3, -0.25) is 0 Å². The molecule has 0 aliphatic carbocycles. The van der Waals surface area contributed by atoms with E-state index >= 15 is 0 Å². The lowest BCUT2D eigenvalue weighted by atomic mass is 10.1. The lowest BCUT2D eigenvalue weighted by Gasteiger charge is -2.12. The number of benzene rings is 2. The first-order valence-electron chi connectivity index (χ1n) is 10.0. The number of nitrogens with zero attached hydrogens (tertiary/aromatic N) is 4. The summed E-state index contributed by atoms with van der Waals surface area (Å²) in [5.74, 6) is 4.45. The summed E-state index contributed by atoms with van der Waals surface area (Å²) in [5.41, 5.74) is 2.27. The lowest BCUT2D eigenvalue weighted by molar-refractivity contribution is 0.324. The highest BCUT2D eigenvalue weighted by molar-refractivity contribution is 7.98. The first-order valence-corrected chi connectivity index (χ1v) is 12.0. The first-order chi connectivity index (χ1) is 15.7. The molecule has 2 aromatic carbocycles. The van der Waals surface area contributed by atoms with Gasteiger partial charge in [0.1, 0.15) is 5.01 Å². The van der Waals surface area contributed by atoms with Crippen LogP contribution in [-0.4, -0.2) is 46.9 Å². The van der Waals surface area contributed by atoms with E-state index in [9.17, 15) is 0 Å². The Kier molecular flexibility index (Phi) is 7.28. The van der Waals surface area contributed by atoms with Crippen LogP contribution < -0.4 is 14.2 Å². The molecule has 0 aliphatic rings. The number of aromatic nitrogens is 4. The van der Waals surface area contributed by atoms with Crippen molar-refractivity contribution in [3.63, 3.8) is 0 Å². The Labute approximate surface area is 195 Å². The third kappa shape index (κ3) is 5.05. The summed E-state index contributed by atoms with van der Waals surface area (Å²) in [6, 6.07) is 14.3. The highest BCUT2D eigenvalue weighted by atomic mass is 32.2. The van der Waals surface area contributed by atoms with Crippen molar-refractivity contribution in [3.05, 3.63) is 64.4 Å². The van der Waals surface area contributed by atoms with Crippen LogP contribution in [0.4, 0.5) is 0 Å². The summed E-state index contributed by atoms with van der Waals surface area (Å²) in [4.78, 5) is 0.785. The van der Waals surface area contributed by atoms with Gasteiger partial charge in [0, 0.05) is 0 Å². The minimum absolute atomic E-state index is 0.570. The molecular formula is C23H24N4O3S2. The van der Waals surface area contributed by atoms with Crippen molar-refractivity contribution in [2.45, 2.75) is 12.2 Å². The quantitative estimate of drug-likeness (QED) is 0.308. The minimum Gasteiger partial charge on any atom is -0.493 e. The number of thioether (sulfide) groups is 1. The van der Waals surface area contributed by atoms with Gasteiger partial charge in [-0.25, -0.2) is 0 Å². The smallest absolute Gasteiger partial charge is 0.234 e. The predicted octanol–water partition coefficient (Wildman–Crippen LogP) is 4.86. The fraction of sp³-hybridized carbons (Fsp3) is 0.261. The lowest BCUT2D eigenvalue weighted by Crippen LogP contribution is -1.96. The average molecular weight is 469 g/mol. The third-order valence-corrected chi connectivity index (χ3v) is 6.60. The predicted molar refractivity (Wildman–Crippen MR) is 130 cm³/mol. The molecule has 9 heteroatoms. The number of hydrogen-bond donors (Lipinski definition) is 0. The molecule has 0 aliphatic heterocycles. The molecule has 7 nitrogen and oxygen atoms in total. The molecule has 0 spiro atoms. The molecule has 2 heterocycles. The molecule has 0 unspecified atom stereocenters. The van der Waals surface area contributed by atoms with Crippen LogP contribution in [0, 0.1) is 0 Å². The molecule has 0 saturated carbocycles. The highest BCUT2D eigenvalue weighted by Crippen LogP contribution is 2.38. The molecule has 4 rings (SSSR count). The molecule has 2 aromatic heterocycles. The number of methoxy groups -OCH3 is 3. The Morgan fingerprint density at radius 3 is 2.41 bits per heavy atom. The molecule has 0 amide bonds. The molecule has 32 heavy (non-hydrogen) atoms. The van der Waals surface area contributed by atoms with Crippen LogP contribution in [0.1, 0.15) is 22.0 Å². The monoisotopic (exact) mass is 468 g/mol. The van der Waals surface area contributed by atoms with Gasteiger partial charge < -0.3 is 14.2 Å². The molecule has 0 N–H and O–H groups in total. The maximum atomic E-state index is 5.42. The van der Waals surface area contributed by atoms with Crippen molar-refractivity contribution in [1.29, 1.82) is 0 Å². The van der Waals surface area contributed by atoms with Crippen molar-refractivity contribution < 1.29 is 14.2 Å². The standard InChI is InChI=1S/C23H24N4O3S2/c1-28-18-13-17(14-19(29-2)22(18)30-3)9-10-21-26-27-20(24-25-23(27)32-21)15-31-12-11-16-7-5-4-6-8-16/h4-10,13-14H,11-12,15H2,1-3H3. The molecule has 166 valence electrons. The van der Waals surface area contributed by atoms with Crippen molar-refractivity contribution in [1.82, 2.24) is 19.8 Å². The summed E-state index contributed by atoms with van der Waals surface area (Å²) in [5, 5.41) is 14.1. The Hall–Kier alpha value is -3.04. The SMILES string of the molecule is COc1cc(C=Cc2nn3c(CSCCc4ccccc4)nnc3s2)cc(OC)c1OC. The molecule has 0 fully saturated rings. The van der Waals surface area contributed by atoms with Crippen LogP contribution in [0.2, 0.25) is 0 Å². The van der Waals surface area contributed by atoms with Gasteiger partial charge >= 0.3 is 0 Å². The van der Waals surface area contributed by atoms with Crippen LogP contribution >= 0.6 is 23.1 Å². The maximum Gasteiger partial charge on any atom is 0.234 e. The Balaban J connectivity index is 1.43. The second-order valence-corrected chi connectivity index (χ2v) is 8.92. The van der Waals surface area contributed by atoms with Gasteiger partial charge in [0.15, 0.2) is 17.3 Å². The normalized spacial score (nSPS) is 11.3. The highest BCUT2D eigenvalue weighted by Gasteiger charge is 2.13. The number of rotatable bonds is 10. The van der Waals surface area contributed by atoms with Gasteiger partial charge in [-0.15, -0.1) is 10.2 Å². The van der Waals surface area contributed by atoms with Crippen molar-refractivity contribution in [3.8, 4) is 17.2 Å². The van der Waals surface area contributed by atoms with Crippen LogP contribution in [0.25, 0.3) is 17.1 Å². The van der Waals surface area contributed by atoms with E-state index in [0.29, 0.717) is 17.2 Å². The Morgan fingerprint density at radius 2 is 1.72 bits per heavy atom. The van der Waals surface area contributed by atoms with E-state index in [4.69, 9.17) is 14.2 Å². The van der Waals surface area contributed by atoms with Gasteiger partial charge in [-0.1, -0.05) is 47.7 Å². The van der Waals surface area contributed by atoms with Crippen LogP contribution in [0.5, 0.6) is 17.2 Å². The summed E-state index contributed by atoms with van der Waals surface area (Å²) in [6.07, 6.45) is 4.95. The second-order valence-electron chi connectivity index (χ2n) is 6.83.